The van der Waals surface area contributed by atoms with Crippen LogP contribution in [0.4, 0.5) is 0 Å². The quantitative estimate of drug-likeness (QED) is 0.789. The van der Waals surface area contributed by atoms with Crippen LogP contribution in [-0.2, 0) is 26.5 Å². The lowest BCUT2D eigenvalue weighted by Gasteiger charge is -2.41. The number of piperidine rings is 1. The second-order valence-corrected chi connectivity index (χ2v) is 9.59. The molecule has 1 aromatic carbocycles. The van der Waals surface area contributed by atoms with Crippen LogP contribution in [0.1, 0.15) is 36.8 Å². The highest BCUT2D eigenvalue weighted by atomic mass is 32.2. The van der Waals surface area contributed by atoms with Gasteiger partial charge in [0.2, 0.25) is 5.91 Å². The molecule has 0 aromatic heterocycles. The minimum absolute atomic E-state index is 0.0519. The highest BCUT2D eigenvalue weighted by molar-refractivity contribution is 7.91. The number of sulfone groups is 1. The van der Waals surface area contributed by atoms with E-state index in [2.05, 4.69) is 24.3 Å². The topological polar surface area (TPSA) is 54.5 Å². The maximum absolute atomic E-state index is 12.6. The first kappa shape index (κ1) is 15.2. The summed E-state index contributed by atoms with van der Waals surface area (Å²) in [5, 5.41) is 0. The lowest BCUT2D eigenvalue weighted by Crippen LogP contribution is -2.46. The van der Waals surface area contributed by atoms with Gasteiger partial charge in [-0.05, 0) is 48.6 Å². The molecule has 0 radical (unpaired) electrons. The van der Waals surface area contributed by atoms with E-state index in [-0.39, 0.29) is 28.7 Å². The van der Waals surface area contributed by atoms with Crippen LogP contribution in [0, 0.1) is 5.92 Å². The molecule has 0 unspecified atom stereocenters. The van der Waals surface area contributed by atoms with Crippen molar-refractivity contribution in [3.8, 4) is 0 Å². The number of likely N-dealkylation sites (tertiary alicyclic amines) is 1. The van der Waals surface area contributed by atoms with Crippen molar-refractivity contribution in [1.82, 2.24) is 4.90 Å². The number of rotatable bonds is 1. The van der Waals surface area contributed by atoms with Crippen molar-refractivity contribution in [3.05, 3.63) is 35.4 Å². The van der Waals surface area contributed by atoms with E-state index >= 15 is 0 Å². The number of hydrogen-bond donors (Lipinski definition) is 0. The summed E-state index contributed by atoms with van der Waals surface area (Å²) < 4.78 is 23.2. The van der Waals surface area contributed by atoms with Crippen LogP contribution >= 0.6 is 0 Å². The maximum atomic E-state index is 12.6. The van der Waals surface area contributed by atoms with Gasteiger partial charge in [0.1, 0.15) is 0 Å². The highest BCUT2D eigenvalue weighted by Gasteiger charge is 2.43. The number of fused-ring (bicyclic) bond motifs is 2. The predicted octanol–water partition coefficient (Wildman–Crippen LogP) is 1.93. The third-order valence-corrected chi connectivity index (χ3v) is 7.84. The van der Waals surface area contributed by atoms with Crippen LogP contribution in [0.3, 0.4) is 0 Å². The Kier molecular flexibility index (Phi) is 3.52. The van der Waals surface area contributed by atoms with Gasteiger partial charge in [0, 0.05) is 13.1 Å². The highest BCUT2D eigenvalue weighted by Crippen LogP contribution is 2.46. The Bertz CT molecular complexity index is 732. The van der Waals surface area contributed by atoms with Crippen LogP contribution < -0.4 is 0 Å². The smallest absolute Gasteiger partial charge is 0.226 e. The fourth-order valence-electron chi connectivity index (χ4n) is 4.69. The number of benzene rings is 1. The second kappa shape index (κ2) is 5.33. The van der Waals surface area contributed by atoms with Crippen LogP contribution in [0.25, 0.3) is 0 Å². The van der Waals surface area contributed by atoms with E-state index in [9.17, 15) is 13.2 Å². The largest absolute Gasteiger partial charge is 0.342 e. The fraction of sp³-hybridized carbons (Fsp3) is 0.611. The standard InChI is InChI=1S/C18H23NO3S/c20-17(15-6-12-23(21,22)13-15)19-10-8-18(9-11-19)7-5-14-3-1-2-4-16(14)18/h1-4,15H,5-13H2/t15-/m1/s1. The number of aryl methyl sites for hydroxylation is 1. The van der Waals surface area contributed by atoms with Crippen molar-refractivity contribution in [2.24, 2.45) is 5.92 Å². The molecule has 124 valence electrons. The fourth-order valence-corrected chi connectivity index (χ4v) is 6.42. The predicted molar refractivity (Wildman–Crippen MR) is 89.0 cm³/mol. The van der Waals surface area contributed by atoms with Crippen LogP contribution in [0.15, 0.2) is 24.3 Å². The summed E-state index contributed by atoms with van der Waals surface area (Å²) >= 11 is 0. The minimum Gasteiger partial charge on any atom is -0.342 e. The summed E-state index contributed by atoms with van der Waals surface area (Å²) in [6.07, 6.45) is 4.85. The van der Waals surface area contributed by atoms with Gasteiger partial charge in [-0.25, -0.2) is 8.42 Å². The molecule has 2 saturated heterocycles. The van der Waals surface area contributed by atoms with E-state index in [4.69, 9.17) is 0 Å². The van der Waals surface area contributed by atoms with Crippen molar-refractivity contribution in [1.29, 1.82) is 0 Å². The van der Waals surface area contributed by atoms with E-state index in [1.807, 2.05) is 4.90 Å². The van der Waals surface area contributed by atoms with Crippen molar-refractivity contribution >= 4 is 15.7 Å². The zero-order chi connectivity index (χ0) is 16.1. The molecule has 0 saturated carbocycles. The molecule has 0 bridgehead atoms. The molecule has 1 aromatic rings. The summed E-state index contributed by atoms with van der Waals surface area (Å²) in [4.78, 5) is 14.5. The van der Waals surface area contributed by atoms with Crippen molar-refractivity contribution in [2.45, 2.75) is 37.5 Å². The molecule has 23 heavy (non-hydrogen) atoms. The number of hydrogen-bond acceptors (Lipinski definition) is 3. The van der Waals surface area contributed by atoms with Gasteiger partial charge < -0.3 is 4.90 Å². The molecule has 1 aliphatic carbocycles. The molecule has 2 heterocycles. The SMILES string of the molecule is O=C([C@@H]1CCS(=O)(=O)C1)N1CCC2(CCc3ccccc32)CC1. The average molecular weight is 333 g/mol. The Balaban J connectivity index is 1.45. The van der Waals surface area contributed by atoms with Gasteiger partial charge in [0.25, 0.3) is 0 Å². The molecule has 1 amide bonds. The summed E-state index contributed by atoms with van der Waals surface area (Å²) in [6, 6.07) is 8.71. The molecule has 3 aliphatic rings. The van der Waals surface area contributed by atoms with Crippen LogP contribution in [-0.4, -0.2) is 43.8 Å². The second-order valence-electron chi connectivity index (χ2n) is 7.36. The molecule has 4 rings (SSSR count). The summed E-state index contributed by atoms with van der Waals surface area (Å²) in [7, 11) is -2.99. The number of amides is 1. The zero-order valence-electron chi connectivity index (χ0n) is 13.3. The van der Waals surface area contributed by atoms with E-state index in [1.165, 1.54) is 17.5 Å². The lowest BCUT2D eigenvalue weighted by atomic mass is 9.73. The minimum atomic E-state index is -2.99. The molecule has 2 fully saturated rings. The van der Waals surface area contributed by atoms with E-state index in [0.29, 0.717) is 6.42 Å². The number of nitrogens with zero attached hydrogens (tertiary/aromatic N) is 1. The van der Waals surface area contributed by atoms with E-state index in [0.717, 1.165) is 32.4 Å². The summed E-state index contributed by atoms with van der Waals surface area (Å²) in [5.74, 6) is -0.0117. The molecule has 2 aliphatic heterocycles. The van der Waals surface area contributed by atoms with Crippen LogP contribution in [0.2, 0.25) is 0 Å². The molecule has 5 heteroatoms. The molecular weight excluding hydrogens is 310 g/mol. The third kappa shape index (κ3) is 2.59. The Morgan fingerprint density at radius 1 is 1.13 bits per heavy atom. The van der Waals surface area contributed by atoms with Gasteiger partial charge in [-0.2, -0.15) is 0 Å². The van der Waals surface area contributed by atoms with Crippen molar-refractivity contribution < 1.29 is 13.2 Å². The van der Waals surface area contributed by atoms with Crippen LogP contribution in [0.5, 0.6) is 0 Å². The number of carbonyl (C=O) groups excluding carboxylic acids is 1. The van der Waals surface area contributed by atoms with Crippen molar-refractivity contribution in [2.75, 3.05) is 24.6 Å². The third-order valence-electron chi connectivity index (χ3n) is 6.08. The van der Waals surface area contributed by atoms with E-state index in [1.54, 1.807) is 0 Å². The Hall–Kier alpha value is -1.36. The van der Waals surface area contributed by atoms with Gasteiger partial charge in [-0.1, -0.05) is 24.3 Å². The summed E-state index contributed by atoms with van der Waals surface area (Å²) in [5.41, 5.74) is 3.19. The molecule has 4 nitrogen and oxygen atoms in total. The first-order valence-electron chi connectivity index (χ1n) is 8.57. The first-order chi connectivity index (χ1) is 11.0. The monoisotopic (exact) mass is 333 g/mol. The Labute approximate surface area is 137 Å². The summed E-state index contributed by atoms with van der Waals surface area (Å²) in [6.45, 7) is 1.54. The molecular formula is C18H23NO3S. The van der Waals surface area contributed by atoms with Gasteiger partial charge >= 0.3 is 0 Å². The number of carbonyl (C=O) groups is 1. The van der Waals surface area contributed by atoms with Gasteiger partial charge in [0.05, 0.1) is 17.4 Å². The average Bonchev–Trinajstić information content (AvgIpc) is 3.09. The molecule has 1 atom stereocenters. The van der Waals surface area contributed by atoms with Gasteiger partial charge in [0.15, 0.2) is 9.84 Å². The zero-order valence-corrected chi connectivity index (χ0v) is 14.1. The molecule has 0 N–H and O–H groups in total. The van der Waals surface area contributed by atoms with Crippen molar-refractivity contribution in [3.63, 3.8) is 0 Å². The normalized spacial score (nSPS) is 28.0. The maximum Gasteiger partial charge on any atom is 0.226 e. The van der Waals surface area contributed by atoms with Gasteiger partial charge in [-0.3, -0.25) is 4.79 Å². The Morgan fingerprint density at radius 2 is 1.87 bits per heavy atom. The molecule has 1 spiro atoms. The lowest BCUT2D eigenvalue weighted by molar-refractivity contribution is -0.136. The van der Waals surface area contributed by atoms with Gasteiger partial charge in [-0.15, -0.1) is 0 Å². The first-order valence-corrected chi connectivity index (χ1v) is 10.4. The van der Waals surface area contributed by atoms with E-state index < -0.39 is 9.84 Å². The Morgan fingerprint density at radius 3 is 2.57 bits per heavy atom.